The van der Waals surface area contributed by atoms with Crippen LogP contribution < -0.4 is 0 Å². The van der Waals surface area contributed by atoms with E-state index in [-0.39, 0.29) is 29.7 Å². The molecule has 1 amide bonds. The van der Waals surface area contributed by atoms with E-state index in [4.69, 9.17) is 4.52 Å². The fourth-order valence-corrected chi connectivity index (χ4v) is 4.53. The lowest BCUT2D eigenvalue weighted by molar-refractivity contribution is 0.0697. The Hall–Kier alpha value is -2.20. The van der Waals surface area contributed by atoms with Crippen molar-refractivity contribution in [1.29, 1.82) is 0 Å². The van der Waals surface area contributed by atoms with Crippen LogP contribution in [0.25, 0.3) is 0 Å². The number of hydrogen-bond donors (Lipinski definition) is 0. The maximum absolute atomic E-state index is 12.7. The molecular formula is C14H19N5O4S. The zero-order valence-corrected chi connectivity index (χ0v) is 14.6. The number of aryl methyl sites for hydroxylation is 3. The third-order valence-electron chi connectivity index (χ3n) is 4.04. The molecule has 3 heterocycles. The monoisotopic (exact) mass is 353 g/mol. The molecule has 24 heavy (non-hydrogen) atoms. The van der Waals surface area contributed by atoms with Gasteiger partial charge >= 0.3 is 0 Å². The van der Waals surface area contributed by atoms with Crippen molar-refractivity contribution in [3.63, 3.8) is 0 Å². The summed E-state index contributed by atoms with van der Waals surface area (Å²) in [6.07, 6.45) is 3.16. The highest BCUT2D eigenvalue weighted by molar-refractivity contribution is 7.89. The van der Waals surface area contributed by atoms with E-state index in [0.29, 0.717) is 24.3 Å². The number of sulfonamides is 1. The highest BCUT2D eigenvalue weighted by Crippen LogP contribution is 2.24. The van der Waals surface area contributed by atoms with Crippen molar-refractivity contribution < 1.29 is 17.7 Å². The van der Waals surface area contributed by atoms with E-state index >= 15 is 0 Å². The maximum Gasteiger partial charge on any atom is 0.257 e. The van der Waals surface area contributed by atoms with Gasteiger partial charge in [-0.1, -0.05) is 5.16 Å². The van der Waals surface area contributed by atoms with E-state index in [1.807, 2.05) is 0 Å². The quantitative estimate of drug-likeness (QED) is 0.780. The second-order valence-electron chi connectivity index (χ2n) is 5.75. The molecule has 1 aliphatic rings. The summed E-state index contributed by atoms with van der Waals surface area (Å²) in [4.78, 5) is 14.1. The summed E-state index contributed by atoms with van der Waals surface area (Å²) in [5.41, 5.74) is 0.848. The first-order valence-electron chi connectivity index (χ1n) is 7.51. The van der Waals surface area contributed by atoms with Crippen molar-refractivity contribution in [2.45, 2.75) is 18.7 Å². The van der Waals surface area contributed by atoms with Crippen LogP contribution in [0.2, 0.25) is 0 Å². The molecule has 0 bridgehead atoms. The first kappa shape index (κ1) is 16.7. The van der Waals surface area contributed by atoms with Gasteiger partial charge in [0, 0.05) is 39.4 Å². The number of aromatic nitrogens is 3. The van der Waals surface area contributed by atoms with Gasteiger partial charge in [-0.15, -0.1) is 0 Å². The molecule has 3 rings (SSSR count). The van der Waals surface area contributed by atoms with Gasteiger partial charge in [-0.25, -0.2) is 8.42 Å². The Morgan fingerprint density at radius 2 is 1.88 bits per heavy atom. The number of carbonyl (C=O) groups excluding carboxylic acids is 1. The molecule has 0 unspecified atom stereocenters. The Morgan fingerprint density at radius 1 is 1.21 bits per heavy atom. The van der Waals surface area contributed by atoms with Gasteiger partial charge < -0.3 is 9.42 Å². The summed E-state index contributed by atoms with van der Waals surface area (Å²) >= 11 is 0. The van der Waals surface area contributed by atoms with Gasteiger partial charge in [0.05, 0.1) is 11.8 Å². The molecule has 0 radical (unpaired) electrons. The fourth-order valence-electron chi connectivity index (χ4n) is 2.82. The Morgan fingerprint density at radius 3 is 2.38 bits per heavy atom. The molecular weight excluding hydrogens is 334 g/mol. The minimum absolute atomic E-state index is 0.120. The van der Waals surface area contributed by atoms with Crippen LogP contribution >= 0.6 is 0 Å². The molecule has 1 aliphatic heterocycles. The summed E-state index contributed by atoms with van der Waals surface area (Å²) < 4.78 is 33.4. The lowest BCUT2D eigenvalue weighted by atomic mass is 10.2. The van der Waals surface area contributed by atoms with Gasteiger partial charge in [0.2, 0.25) is 10.0 Å². The van der Waals surface area contributed by atoms with Gasteiger partial charge in [0.1, 0.15) is 10.6 Å². The van der Waals surface area contributed by atoms with E-state index in [1.54, 1.807) is 36.7 Å². The van der Waals surface area contributed by atoms with Crippen molar-refractivity contribution in [1.82, 2.24) is 24.1 Å². The molecule has 2 aromatic rings. The molecule has 0 saturated carbocycles. The minimum atomic E-state index is -3.67. The predicted octanol–water partition coefficient (Wildman–Crippen LogP) is 0.172. The normalized spacial score (nSPS) is 16.5. The first-order valence-corrected chi connectivity index (χ1v) is 8.95. The smallest absolute Gasteiger partial charge is 0.257 e. The second-order valence-corrected chi connectivity index (χ2v) is 7.63. The van der Waals surface area contributed by atoms with Crippen LogP contribution in [0.5, 0.6) is 0 Å². The Balaban J connectivity index is 1.72. The standard InChI is InChI=1S/C14H19N5O4S/c1-10-13(11(2)23-16-10)24(21,22)19-6-4-18(5-7-19)14(20)12-8-15-17(3)9-12/h8-9H,4-7H2,1-3H3. The van der Waals surface area contributed by atoms with Crippen LogP contribution in [-0.4, -0.2) is 64.6 Å². The van der Waals surface area contributed by atoms with E-state index in [0.717, 1.165) is 0 Å². The molecule has 0 N–H and O–H groups in total. The van der Waals surface area contributed by atoms with Gasteiger partial charge in [-0.2, -0.15) is 9.40 Å². The summed E-state index contributed by atoms with van der Waals surface area (Å²) in [5, 5.41) is 7.69. The van der Waals surface area contributed by atoms with Gasteiger partial charge in [0.15, 0.2) is 5.76 Å². The Bertz CT molecular complexity index is 842. The van der Waals surface area contributed by atoms with Crippen molar-refractivity contribution in [3.05, 3.63) is 29.4 Å². The number of hydrogen-bond acceptors (Lipinski definition) is 6. The SMILES string of the molecule is Cc1noc(C)c1S(=O)(=O)N1CCN(C(=O)c2cnn(C)c2)CC1. The molecule has 0 aliphatic carbocycles. The summed E-state index contributed by atoms with van der Waals surface area (Å²) in [6.45, 7) is 4.31. The summed E-state index contributed by atoms with van der Waals surface area (Å²) in [7, 11) is -1.93. The summed E-state index contributed by atoms with van der Waals surface area (Å²) in [5.74, 6) is 0.138. The Kier molecular flexibility index (Phi) is 4.18. The average Bonchev–Trinajstić information content (AvgIpc) is 3.12. The van der Waals surface area contributed by atoms with Crippen LogP contribution in [-0.2, 0) is 17.1 Å². The topological polar surface area (TPSA) is 102 Å². The number of carbonyl (C=O) groups is 1. The predicted molar refractivity (Wildman–Crippen MR) is 83.8 cm³/mol. The van der Waals surface area contributed by atoms with E-state index < -0.39 is 10.0 Å². The number of piperazine rings is 1. The zero-order valence-electron chi connectivity index (χ0n) is 13.8. The number of rotatable bonds is 3. The van der Waals surface area contributed by atoms with E-state index in [9.17, 15) is 13.2 Å². The van der Waals surface area contributed by atoms with Crippen molar-refractivity contribution in [2.24, 2.45) is 7.05 Å². The van der Waals surface area contributed by atoms with E-state index in [2.05, 4.69) is 10.3 Å². The molecule has 0 aromatic carbocycles. The lowest BCUT2D eigenvalue weighted by Crippen LogP contribution is -2.50. The molecule has 2 aromatic heterocycles. The zero-order chi connectivity index (χ0) is 17.5. The van der Waals surface area contributed by atoms with Gasteiger partial charge in [0.25, 0.3) is 5.91 Å². The van der Waals surface area contributed by atoms with Crippen molar-refractivity contribution in [2.75, 3.05) is 26.2 Å². The third kappa shape index (κ3) is 2.82. The summed E-state index contributed by atoms with van der Waals surface area (Å²) in [6, 6.07) is 0. The van der Waals surface area contributed by atoms with Crippen LogP contribution in [0.1, 0.15) is 21.8 Å². The third-order valence-corrected chi connectivity index (χ3v) is 6.19. The van der Waals surface area contributed by atoms with Crippen LogP contribution in [0.4, 0.5) is 0 Å². The second kappa shape index (κ2) is 6.02. The lowest BCUT2D eigenvalue weighted by Gasteiger charge is -2.33. The van der Waals surface area contributed by atoms with Crippen LogP contribution in [0.15, 0.2) is 21.8 Å². The number of nitrogens with zero attached hydrogens (tertiary/aromatic N) is 5. The maximum atomic E-state index is 12.7. The van der Waals surface area contributed by atoms with Gasteiger partial charge in [-0.05, 0) is 13.8 Å². The largest absolute Gasteiger partial charge is 0.360 e. The van der Waals surface area contributed by atoms with Crippen molar-refractivity contribution >= 4 is 15.9 Å². The molecule has 9 nitrogen and oxygen atoms in total. The van der Waals surface area contributed by atoms with Gasteiger partial charge in [-0.3, -0.25) is 9.48 Å². The van der Waals surface area contributed by atoms with E-state index in [1.165, 1.54) is 10.5 Å². The number of amides is 1. The molecule has 130 valence electrons. The highest BCUT2D eigenvalue weighted by atomic mass is 32.2. The molecule has 0 spiro atoms. The molecule has 10 heteroatoms. The van der Waals surface area contributed by atoms with Crippen LogP contribution in [0, 0.1) is 13.8 Å². The molecule has 1 fully saturated rings. The highest BCUT2D eigenvalue weighted by Gasteiger charge is 2.34. The first-order chi connectivity index (χ1) is 11.3. The molecule has 0 atom stereocenters. The molecule has 1 saturated heterocycles. The Labute approximate surface area is 139 Å². The van der Waals surface area contributed by atoms with Crippen LogP contribution in [0.3, 0.4) is 0 Å². The minimum Gasteiger partial charge on any atom is -0.360 e. The van der Waals surface area contributed by atoms with Crippen molar-refractivity contribution in [3.8, 4) is 0 Å². The average molecular weight is 353 g/mol. The fraction of sp³-hybridized carbons (Fsp3) is 0.500.